The first-order valence-electron chi connectivity index (χ1n) is 9.35. The molecule has 1 atom stereocenters. The third-order valence-electron chi connectivity index (χ3n) is 4.91. The van der Waals surface area contributed by atoms with Crippen LogP contribution < -0.4 is 4.74 Å². The summed E-state index contributed by atoms with van der Waals surface area (Å²) in [7, 11) is 0. The van der Waals surface area contributed by atoms with E-state index in [1.54, 1.807) is 6.20 Å². The lowest BCUT2D eigenvalue weighted by Gasteiger charge is -2.32. The van der Waals surface area contributed by atoms with Crippen molar-refractivity contribution in [1.82, 2.24) is 9.88 Å². The monoisotopic (exact) mass is 378 g/mol. The lowest BCUT2D eigenvalue weighted by Crippen LogP contribution is -2.39. The van der Waals surface area contributed by atoms with Crippen LogP contribution in [0.25, 0.3) is 10.8 Å². The first-order valence-corrected chi connectivity index (χ1v) is 9.35. The van der Waals surface area contributed by atoms with Crippen LogP contribution in [0.1, 0.15) is 18.1 Å². The van der Waals surface area contributed by atoms with Crippen LogP contribution in [0.15, 0.2) is 60.9 Å². The summed E-state index contributed by atoms with van der Waals surface area (Å²) in [6, 6.07) is 15.7. The normalized spacial score (nSPS) is 17.5. The summed E-state index contributed by atoms with van der Waals surface area (Å²) in [5, 5.41) is 10.9. The highest BCUT2D eigenvalue weighted by Crippen LogP contribution is 2.31. The third-order valence-corrected chi connectivity index (χ3v) is 4.91. The average Bonchev–Trinajstić information content (AvgIpc) is 2.73. The molecule has 0 radical (unpaired) electrons. The highest BCUT2D eigenvalue weighted by molar-refractivity contribution is 5.87. The Morgan fingerprint density at radius 2 is 2.07 bits per heavy atom. The maximum Gasteiger partial charge on any atom is 0.304 e. The van der Waals surface area contributed by atoms with Gasteiger partial charge in [-0.2, -0.15) is 0 Å². The summed E-state index contributed by atoms with van der Waals surface area (Å²) in [6.07, 6.45) is 3.68. The summed E-state index contributed by atoms with van der Waals surface area (Å²) < 4.78 is 12.0. The molecular weight excluding hydrogens is 356 g/mol. The van der Waals surface area contributed by atoms with Gasteiger partial charge in [-0.1, -0.05) is 24.3 Å². The highest BCUT2D eigenvalue weighted by Gasteiger charge is 2.22. The minimum atomic E-state index is -0.770. The van der Waals surface area contributed by atoms with E-state index in [9.17, 15) is 4.79 Å². The highest BCUT2D eigenvalue weighted by atomic mass is 16.5. The molecule has 0 saturated carbocycles. The summed E-state index contributed by atoms with van der Waals surface area (Å²) in [4.78, 5) is 17.1. The number of carboxylic acids is 1. The Balaban J connectivity index is 1.44. The van der Waals surface area contributed by atoms with Crippen LogP contribution in [0.4, 0.5) is 0 Å². The fourth-order valence-corrected chi connectivity index (χ4v) is 3.42. The van der Waals surface area contributed by atoms with Gasteiger partial charge in [0.2, 0.25) is 0 Å². The van der Waals surface area contributed by atoms with E-state index in [1.807, 2.05) is 54.7 Å². The van der Waals surface area contributed by atoms with Crippen molar-refractivity contribution in [2.24, 2.45) is 0 Å². The molecule has 1 saturated heterocycles. The van der Waals surface area contributed by atoms with Gasteiger partial charge in [-0.25, -0.2) is 0 Å². The number of hydrogen-bond donors (Lipinski definition) is 1. The zero-order valence-electron chi connectivity index (χ0n) is 15.5. The number of hydrogen-bond acceptors (Lipinski definition) is 5. The van der Waals surface area contributed by atoms with Gasteiger partial charge in [-0.3, -0.25) is 14.7 Å². The number of fused-ring (bicyclic) bond motifs is 1. The summed E-state index contributed by atoms with van der Waals surface area (Å²) >= 11 is 0. The number of pyridine rings is 1. The molecule has 6 nitrogen and oxygen atoms in total. The van der Waals surface area contributed by atoms with E-state index in [0.717, 1.165) is 34.4 Å². The molecule has 3 aromatic rings. The molecule has 2 aromatic carbocycles. The first kappa shape index (κ1) is 18.4. The maximum atomic E-state index is 10.8. The van der Waals surface area contributed by atoms with Crippen LogP contribution >= 0.6 is 0 Å². The maximum absolute atomic E-state index is 10.8. The molecule has 1 unspecified atom stereocenters. The number of rotatable bonds is 6. The second-order valence-electron chi connectivity index (χ2n) is 6.83. The largest absolute Gasteiger partial charge is 0.481 e. The summed E-state index contributed by atoms with van der Waals surface area (Å²) in [6.45, 7) is 2.61. The van der Waals surface area contributed by atoms with E-state index in [4.69, 9.17) is 14.6 Å². The molecule has 1 N–H and O–H groups in total. The predicted octanol–water partition coefficient (Wildman–Crippen LogP) is 3.88. The fourth-order valence-electron chi connectivity index (χ4n) is 3.42. The Kier molecular flexibility index (Phi) is 5.50. The molecule has 0 spiro atoms. The molecular formula is C22H22N2O4. The first-order chi connectivity index (χ1) is 13.7. The van der Waals surface area contributed by atoms with Crippen molar-refractivity contribution in [2.75, 3.05) is 26.2 Å². The van der Waals surface area contributed by atoms with Gasteiger partial charge in [0, 0.05) is 42.8 Å². The van der Waals surface area contributed by atoms with Gasteiger partial charge in [0.1, 0.15) is 11.5 Å². The zero-order chi connectivity index (χ0) is 19.3. The van der Waals surface area contributed by atoms with Crippen LogP contribution in [-0.2, 0) is 9.53 Å². The smallest absolute Gasteiger partial charge is 0.304 e. The number of benzene rings is 2. The van der Waals surface area contributed by atoms with E-state index < -0.39 is 5.97 Å². The minimum Gasteiger partial charge on any atom is -0.481 e. The van der Waals surface area contributed by atoms with E-state index in [1.165, 1.54) is 0 Å². The summed E-state index contributed by atoms with van der Waals surface area (Å²) in [5.41, 5.74) is 1.06. The van der Waals surface area contributed by atoms with Crippen molar-refractivity contribution in [1.29, 1.82) is 0 Å². The standard InChI is InChI=1S/C22H22N2O4/c25-22(26)9-11-24-12-13-27-21(15-24)16-4-6-18(7-5-16)28-20-3-1-2-17-14-23-10-8-19(17)20/h1-8,10,14,21H,9,11-13,15H2,(H,25,26). The number of morpholine rings is 1. The Bertz CT molecular complexity index is 953. The lowest BCUT2D eigenvalue weighted by atomic mass is 10.1. The minimum absolute atomic E-state index is 0.0553. The van der Waals surface area contributed by atoms with Crippen molar-refractivity contribution in [3.8, 4) is 11.5 Å². The van der Waals surface area contributed by atoms with Crippen molar-refractivity contribution >= 4 is 16.7 Å². The Morgan fingerprint density at radius 1 is 1.21 bits per heavy atom. The van der Waals surface area contributed by atoms with E-state index in [2.05, 4.69) is 9.88 Å². The van der Waals surface area contributed by atoms with Crippen LogP contribution in [-0.4, -0.2) is 47.2 Å². The van der Waals surface area contributed by atoms with Crippen LogP contribution in [0.2, 0.25) is 0 Å². The van der Waals surface area contributed by atoms with Crippen LogP contribution in [0.3, 0.4) is 0 Å². The van der Waals surface area contributed by atoms with Crippen molar-refractivity contribution in [3.63, 3.8) is 0 Å². The molecule has 0 aliphatic carbocycles. The topological polar surface area (TPSA) is 71.9 Å². The second-order valence-corrected chi connectivity index (χ2v) is 6.83. The molecule has 28 heavy (non-hydrogen) atoms. The number of carboxylic acid groups (broad SMARTS) is 1. The van der Waals surface area contributed by atoms with Crippen LogP contribution in [0, 0.1) is 0 Å². The SMILES string of the molecule is O=C(O)CCN1CCOC(c2ccc(Oc3cccc4cnccc34)cc2)C1. The molecule has 144 valence electrons. The Morgan fingerprint density at radius 3 is 2.89 bits per heavy atom. The molecule has 1 aromatic heterocycles. The number of nitrogens with zero attached hydrogens (tertiary/aromatic N) is 2. The van der Waals surface area contributed by atoms with Gasteiger partial charge in [0.25, 0.3) is 0 Å². The van der Waals surface area contributed by atoms with Crippen LogP contribution in [0.5, 0.6) is 11.5 Å². The molecule has 1 fully saturated rings. The molecule has 6 heteroatoms. The number of aliphatic carboxylic acids is 1. The summed E-state index contributed by atoms with van der Waals surface area (Å²) in [5.74, 6) is 0.779. The lowest BCUT2D eigenvalue weighted by molar-refractivity contribution is -0.137. The van der Waals surface area contributed by atoms with Crippen molar-refractivity contribution < 1.29 is 19.4 Å². The third kappa shape index (κ3) is 4.30. The van der Waals surface area contributed by atoms with Gasteiger partial charge < -0.3 is 14.6 Å². The number of aromatic nitrogens is 1. The average molecular weight is 378 g/mol. The Hall–Kier alpha value is -2.96. The predicted molar refractivity (Wildman–Crippen MR) is 106 cm³/mol. The number of carbonyl (C=O) groups is 1. The molecule has 4 rings (SSSR count). The second kappa shape index (κ2) is 8.37. The fraction of sp³-hybridized carbons (Fsp3) is 0.273. The van der Waals surface area contributed by atoms with Gasteiger partial charge in [0.05, 0.1) is 19.1 Å². The molecule has 0 amide bonds. The van der Waals surface area contributed by atoms with E-state index in [-0.39, 0.29) is 12.5 Å². The van der Waals surface area contributed by atoms with Gasteiger partial charge in [-0.15, -0.1) is 0 Å². The zero-order valence-corrected chi connectivity index (χ0v) is 15.5. The van der Waals surface area contributed by atoms with E-state index >= 15 is 0 Å². The van der Waals surface area contributed by atoms with Gasteiger partial charge in [0.15, 0.2) is 0 Å². The molecule has 1 aliphatic rings. The van der Waals surface area contributed by atoms with Crippen molar-refractivity contribution in [3.05, 3.63) is 66.5 Å². The number of ether oxygens (including phenoxy) is 2. The van der Waals surface area contributed by atoms with E-state index in [0.29, 0.717) is 19.7 Å². The van der Waals surface area contributed by atoms with Crippen molar-refractivity contribution in [2.45, 2.75) is 12.5 Å². The van der Waals surface area contributed by atoms with Gasteiger partial charge in [-0.05, 0) is 29.8 Å². The molecule has 2 heterocycles. The van der Waals surface area contributed by atoms with Gasteiger partial charge >= 0.3 is 5.97 Å². The Labute approximate surface area is 163 Å². The molecule has 0 bridgehead atoms. The molecule has 1 aliphatic heterocycles. The quantitative estimate of drug-likeness (QED) is 0.702.